The Morgan fingerprint density at radius 2 is 2.19 bits per heavy atom. The van der Waals surface area contributed by atoms with Gasteiger partial charge in [-0.15, -0.1) is 0 Å². The predicted molar refractivity (Wildman–Crippen MR) is 77.7 cm³/mol. The zero-order chi connectivity index (χ0) is 15.0. The molecule has 1 aliphatic rings. The molecule has 0 fully saturated rings. The van der Waals surface area contributed by atoms with Gasteiger partial charge in [0.15, 0.2) is 0 Å². The molecular formula is C16H14O5. The molecule has 3 rings (SSSR count). The maximum Gasteiger partial charge on any atom is 0.351 e. The van der Waals surface area contributed by atoms with Crippen LogP contribution in [0.25, 0.3) is 17.0 Å². The van der Waals surface area contributed by atoms with E-state index in [-0.39, 0.29) is 12.2 Å². The SMILES string of the molecule is CCOC(=O)c1cc2cc3c(c(C)c2oc1=O)OCC=C3. The number of esters is 1. The van der Waals surface area contributed by atoms with Crippen molar-refractivity contribution in [1.29, 1.82) is 0 Å². The second-order valence-electron chi connectivity index (χ2n) is 4.72. The maximum atomic E-state index is 11.9. The lowest BCUT2D eigenvalue weighted by Crippen LogP contribution is -2.16. The molecule has 108 valence electrons. The number of carbonyl (C=O) groups is 1. The Morgan fingerprint density at radius 1 is 1.38 bits per heavy atom. The number of rotatable bonds is 2. The van der Waals surface area contributed by atoms with Crippen LogP contribution in [0.2, 0.25) is 0 Å². The van der Waals surface area contributed by atoms with Gasteiger partial charge >= 0.3 is 11.6 Å². The van der Waals surface area contributed by atoms with Crippen LogP contribution in [0.3, 0.4) is 0 Å². The number of ether oxygens (including phenoxy) is 2. The molecular weight excluding hydrogens is 272 g/mol. The topological polar surface area (TPSA) is 65.7 Å². The standard InChI is InChI=1S/C16H14O5/c1-3-19-15(17)12-8-11-7-10-5-4-6-20-13(10)9(2)14(11)21-16(12)18/h4-5,7-8H,3,6H2,1-2H3. The van der Waals surface area contributed by atoms with Gasteiger partial charge in [-0.25, -0.2) is 9.59 Å². The first-order valence-corrected chi connectivity index (χ1v) is 6.69. The first kappa shape index (κ1) is 13.4. The Hall–Kier alpha value is -2.56. The van der Waals surface area contributed by atoms with Crippen molar-refractivity contribution in [2.75, 3.05) is 13.2 Å². The molecule has 0 radical (unpaired) electrons. The third kappa shape index (κ3) is 2.20. The zero-order valence-electron chi connectivity index (χ0n) is 11.8. The van der Waals surface area contributed by atoms with Crippen molar-refractivity contribution in [1.82, 2.24) is 0 Å². The summed E-state index contributed by atoms with van der Waals surface area (Å²) in [4.78, 5) is 23.7. The summed E-state index contributed by atoms with van der Waals surface area (Å²) in [6, 6.07) is 3.34. The fourth-order valence-electron chi connectivity index (χ4n) is 2.41. The van der Waals surface area contributed by atoms with E-state index in [0.29, 0.717) is 23.3 Å². The van der Waals surface area contributed by atoms with Gasteiger partial charge in [-0.3, -0.25) is 0 Å². The van der Waals surface area contributed by atoms with E-state index in [9.17, 15) is 9.59 Å². The molecule has 1 aromatic heterocycles. The summed E-state index contributed by atoms with van der Waals surface area (Å²) in [5, 5.41) is 0.670. The van der Waals surface area contributed by atoms with E-state index in [1.165, 1.54) is 6.07 Å². The molecule has 0 amide bonds. The monoisotopic (exact) mass is 286 g/mol. The molecule has 21 heavy (non-hydrogen) atoms. The molecule has 2 heterocycles. The van der Waals surface area contributed by atoms with Gasteiger partial charge in [-0.05, 0) is 32.1 Å². The van der Waals surface area contributed by atoms with Gasteiger partial charge in [-0.1, -0.05) is 6.08 Å². The van der Waals surface area contributed by atoms with Crippen LogP contribution >= 0.6 is 0 Å². The number of carbonyl (C=O) groups excluding carboxylic acids is 1. The molecule has 1 aromatic carbocycles. The van der Waals surface area contributed by atoms with Crippen LogP contribution in [-0.2, 0) is 4.74 Å². The summed E-state index contributed by atoms with van der Waals surface area (Å²) in [6.07, 6.45) is 3.85. The van der Waals surface area contributed by atoms with Crippen LogP contribution in [0.5, 0.6) is 5.75 Å². The van der Waals surface area contributed by atoms with Crippen LogP contribution in [0.1, 0.15) is 28.4 Å². The second-order valence-corrected chi connectivity index (χ2v) is 4.72. The van der Waals surface area contributed by atoms with Gasteiger partial charge in [0.2, 0.25) is 0 Å². The van der Waals surface area contributed by atoms with Crippen molar-refractivity contribution in [2.45, 2.75) is 13.8 Å². The van der Waals surface area contributed by atoms with Gasteiger partial charge in [0, 0.05) is 16.5 Å². The molecule has 0 atom stereocenters. The summed E-state index contributed by atoms with van der Waals surface area (Å²) in [5.41, 5.74) is 1.29. The smallest absolute Gasteiger partial charge is 0.351 e. The average Bonchev–Trinajstić information content (AvgIpc) is 2.48. The predicted octanol–water partition coefficient (Wildman–Crippen LogP) is 2.68. The third-order valence-corrected chi connectivity index (χ3v) is 3.35. The molecule has 0 N–H and O–H groups in total. The van der Waals surface area contributed by atoms with Crippen molar-refractivity contribution in [3.8, 4) is 5.75 Å². The van der Waals surface area contributed by atoms with Gasteiger partial charge in [0.05, 0.1) is 6.61 Å². The van der Waals surface area contributed by atoms with Crippen LogP contribution in [0.15, 0.2) is 27.4 Å². The van der Waals surface area contributed by atoms with Crippen LogP contribution in [0, 0.1) is 6.92 Å². The van der Waals surface area contributed by atoms with E-state index in [0.717, 1.165) is 11.1 Å². The quantitative estimate of drug-likeness (QED) is 0.627. The highest BCUT2D eigenvalue weighted by atomic mass is 16.5. The van der Waals surface area contributed by atoms with Gasteiger partial charge < -0.3 is 13.9 Å². The number of hydrogen-bond donors (Lipinski definition) is 0. The largest absolute Gasteiger partial charge is 0.488 e. The lowest BCUT2D eigenvalue weighted by atomic mass is 10.0. The first-order chi connectivity index (χ1) is 10.1. The van der Waals surface area contributed by atoms with Gasteiger partial charge in [-0.2, -0.15) is 0 Å². The number of hydrogen-bond acceptors (Lipinski definition) is 5. The van der Waals surface area contributed by atoms with E-state index in [1.807, 2.05) is 25.1 Å². The highest BCUT2D eigenvalue weighted by Gasteiger charge is 2.19. The molecule has 0 saturated heterocycles. The molecule has 5 nitrogen and oxygen atoms in total. The van der Waals surface area contributed by atoms with Gasteiger partial charge in [0.1, 0.15) is 23.5 Å². The molecule has 1 aliphatic heterocycles. The number of aryl methyl sites for hydroxylation is 1. The Morgan fingerprint density at radius 3 is 2.95 bits per heavy atom. The maximum absolute atomic E-state index is 11.9. The van der Waals surface area contributed by atoms with Crippen LogP contribution < -0.4 is 10.4 Å². The minimum absolute atomic E-state index is 0.0931. The fourth-order valence-corrected chi connectivity index (χ4v) is 2.41. The first-order valence-electron chi connectivity index (χ1n) is 6.69. The fraction of sp³-hybridized carbons (Fsp3) is 0.250. The molecule has 0 saturated carbocycles. The summed E-state index contributed by atoms with van der Waals surface area (Å²) >= 11 is 0. The Kier molecular flexibility index (Phi) is 3.25. The lowest BCUT2D eigenvalue weighted by molar-refractivity contribution is 0.0522. The number of fused-ring (bicyclic) bond motifs is 2. The minimum atomic E-state index is -0.699. The normalized spacial score (nSPS) is 12.9. The highest BCUT2D eigenvalue weighted by molar-refractivity contribution is 5.95. The summed E-state index contributed by atoms with van der Waals surface area (Å²) in [6.45, 7) is 4.21. The van der Waals surface area contributed by atoms with E-state index in [4.69, 9.17) is 13.9 Å². The van der Waals surface area contributed by atoms with Gasteiger partial charge in [0.25, 0.3) is 0 Å². The number of benzene rings is 1. The van der Waals surface area contributed by atoms with E-state index < -0.39 is 11.6 Å². The van der Waals surface area contributed by atoms with Crippen molar-refractivity contribution >= 4 is 23.0 Å². The summed E-state index contributed by atoms with van der Waals surface area (Å²) in [5.74, 6) is 0.0346. The third-order valence-electron chi connectivity index (χ3n) is 3.35. The van der Waals surface area contributed by atoms with E-state index in [1.54, 1.807) is 6.92 Å². The molecule has 0 unspecified atom stereocenters. The minimum Gasteiger partial charge on any atom is -0.488 e. The Balaban J connectivity index is 2.25. The van der Waals surface area contributed by atoms with E-state index >= 15 is 0 Å². The average molecular weight is 286 g/mol. The molecule has 0 bridgehead atoms. The Bertz CT molecular complexity index is 814. The van der Waals surface area contributed by atoms with Crippen molar-refractivity contribution in [3.05, 3.63) is 45.3 Å². The van der Waals surface area contributed by atoms with E-state index in [2.05, 4.69) is 0 Å². The van der Waals surface area contributed by atoms with Crippen molar-refractivity contribution in [3.63, 3.8) is 0 Å². The molecule has 2 aromatic rings. The highest BCUT2D eigenvalue weighted by Crippen LogP contribution is 2.34. The van der Waals surface area contributed by atoms with Crippen molar-refractivity contribution in [2.24, 2.45) is 0 Å². The van der Waals surface area contributed by atoms with Crippen LogP contribution in [0.4, 0.5) is 0 Å². The Labute approximate surface area is 120 Å². The molecule has 5 heteroatoms. The second kappa shape index (κ2) is 5.09. The molecule has 0 spiro atoms. The lowest BCUT2D eigenvalue weighted by Gasteiger charge is -2.16. The summed E-state index contributed by atoms with van der Waals surface area (Å²) < 4.78 is 15.7. The van der Waals surface area contributed by atoms with Crippen molar-refractivity contribution < 1.29 is 18.7 Å². The summed E-state index contributed by atoms with van der Waals surface area (Å²) in [7, 11) is 0. The van der Waals surface area contributed by atoms with Crippen LogP contribution in [-0.4, -0.2) is 19.2 Å². The zero-order valence-corrected chi connectivity index (χ0v) is 11.8. The molecule has 0 aliphatic carbocycles.